The molecule has 0 saturated heterocycles. The first-order valence-corrected chi connectivity index (χ1v) is 9.51. The van der Waals surface area contributed by atoms with Crippen molar-refractivity contribution in [2.75, 3.05) is 0 Å². The second kappa shape index (κ2) is 10.0. The molecule has 0 fully saturated rings. The molecule has 0 amide bonds. The topological polar surface area (TPSA) is 0 Å². The maximum atomic E-state index is 2.44. The van der Waals surface area contributed by atoms with Crippen LogP contribution in [0.1, 0.15) is 57.6 Å². The zero-order chi connectivity index (χ0) is 18.0. The first-order chi connectivity index (χ1) is 12.1. The number of hydrogen-bond acceptors (Lipinski definition) is 0. The fourth-order valence-electron chi connectivity index (χ4n) is 3.22. The molecule has 0 radical (unpaired) electrons. The van der Waals surface area contributed by atoms with Crippen LogP contribution < -0.4 is 0 Å². The van der Waals surface area contributed by atoms with Crippen LogP contribution in [-0.4, -0.2) is 0 Å². The predicted octanol–water partition coefficient (Wildman–Crippen LogP) is 7.27. The number of benzene rings is 2. The molecule has 2 aromatic rings. The van der Waals surface area contributed by atoms with Crippen LogP contribution in [0.3, 0.4) is 0 Å². The van der Waals surface area contributed by atoms with Crippen molar-refractivity contribution in [1.29, 1.82) is 0 Å². The predicted molar refractivity (Wildman–Crippen MR) is 111 cm³/mol. The van der Waals surface area contributed by atoms with E-state index >= 15 is 0 Å². The Bertz CT molecular complexity index is 660. The van der Waals surface area contributed by atoms with E-state index < -0.39 is 0 Å². The van der Waals surface area contributed by atoms with Gasteiger partial charge in [-0.25, -0.2) is 0 Å². The summed E-state index contributed by atoms with van der Waals surface area (Å²) in [5.74, 6) is 0. The van der Waals surface area contributed by atoms with Crippen molar-refractivity contribution in [2.45, 2.75) is 58.3 Å². The highest BCUT2D eigenvalue weighted by Gasteiger charge is 2.22. The lowest BCUT2D eigenvalue weighted by Crippen LogP contribution is -2.18. The lowest BCUT2D eigenvalue weighted by molar-refractivity contribution is 0.543. The van der Waals surface area contributed by atoms with E-state index in [-0.39, 0.29) is 5.41 Å². The van der Waals surface area contributed by atoms with E-state index in [4.69, 9.17) is 0 Å². The SMILES string of the molecule is CC(C)=CCCC(C)(/C=C/CCCc1ccccc1)c1ccccc1. The zero-order valence-electron chi connectivity index (χ0n) is 16.0. The molecule has 0 aliphatic heterocycles. The van der Waals surface area contributed by atoms with Crippen molar-refractivity contribution < 1.29 is 0 Å². The van der Waals surface area contributed by atoms with E-state index in [0.717, 1.165) is 25.7 Å². The Labute approximate surface area is 154 Å². The number of rotatable bonds is 9. The van der Waals surface area contributed by atoms with E-state index in [9.17, 15) is 0 Å². The summed E-state index contributed by atoms with van der Waals surface area (Å²) in [6, 6.07) is 21.7. The average Bonchev–Trinajstić information content (AvgIpc) is 2.63. The van der Waals surface area contributed by atoms with E-state index in [1.54, 1.807) is 0 Å². The Morgan fingerprint density at radius 2 is 1.52 bits per heavy atom. The summed E-state index contributed by atoms with van der Waals surface area (Å²) in [6.07, 6.45) is 13.0. The highest BCUT2D eigenvalue weighted by molar-refractivity contribution is 5.30. The molecule has 2 rings (SSSR count). The Morgan fingerprint density at radius 3 is 2.16 bits per heavy atom. The van der Waals surface area contributed by atoms with Crippen LogP contribution >= 0.6 is 0 Å². The zero-order valence-corrected chi connectivity index (χ0v) is 16.0. The van der Waals surface area contributed by atoms with E-state index in [2.05, 4.69) is 99.7 Å². The molecular weight excluding hydrogens is 300 g/mol. The summed E-state index contributed by atoms with van der Waals surface area (Å²) in [4.78, 5) is 0. The maximum Gasteiger partial charge on any atom is 0.0106 e. The summed E-state index contributed by atoms with van der Waals surface area (Å²) < 4.78 is 0. The van der Waals surface area contributed by atoms with Crippen LogP contribution in [0.15, 0.2) is 84.5 Å². The van der Waals surface area contributed by atoms with Gasteiger partial charge in [0.15, 0.2) is 0 Å². The lowest BCUT2D eigenvalue weighted by Gasteiger charge is -2.26. The van der Waals surface area contributed by atoms with Crippen LogP contribution in [0.4, 0.5) is 0 Å². The van der Waals surface area contributed by atoms with E-state index in [0.29, 0.717) is 0 Å². The second-order valence-corrected chi connectivity index (χ2v) is 7.38. The Balaban J connectivity index is 1.96. The van der Waals surface area contributed by atoms with Gasteiger partial charge in [-0.2, -0.15) is 0 Å². The molecule has 1 atom stereocenters. The minimum Gasteiger partial charge on any atom is -0.0876 e. The molecule has 1 unspecified atom stereocenters. The molecular formula is C25H32. The van der Waals surface area contributed by atoms with E-state index in [1.165, 1.54) is 23.1 Å². The fourth-order valence-corrected chi connectivity index (χ4v) is 3.22. The molecule has 0 N–H and O–H groups in total. The Hall–Kier alpha value is -2.08. The van der Waals surface area contributed by atoms with Crippen molar-refractivity contribution in [3.8, 4) is 0 Å². The van der Waals surface area contributed by atoms with Gasteiger partial charge >= 0.3 is 0 Å². The smallest absolute Gasteiger partial charge is 0.0106 e. The maximum absolute atomic E-state index is 2.44. The quantitative estimate of drug-likeness (QED) is 0.334. The van der Waals surface area contributed by atoms with Gasteiger partial charge in [-0.05, 0) is 57.1 Å². The first kappa shape index (κ1) is 19.2. The van der Waals surface area contributed by atoms with Gasteiger partial charge in [-0.15, -0.1) is 0 Å². The van der Waals surface area contributed by atoms with Gasteiger partial charge in [0.05, 0.1) is 0 Å². The summed E-state index contributed by atoms with van der Waals surface area (Å²) in [5, 5.41) is 0. The van der Waals surface area contributed by atoms with E-state index in [1.807, 2.05) is 0 Å². The summed E-state index contributed by atoms with van der Waals surface area (Å²) >= 11 is 0. The minimum atomic E-state index is 0.111. The van der Waals surface area contributed by atoms with Gasteiger partial charge < -0.3 is 0 Å². The average molecular weight is 333 g/mol. The summed E-state index contributed by atoms with van der Waals surface area (Å²) in [5.41, 5.74) is 4.36. The molecule has 0 aliphatic rings. The third-order valence-electron chi connectivity index (χ3n) is 4.81. The largest absolute Gasteiger partial charge is 0.0876 e. The molecule has 25 heavy (non-hydrogen) atoms. The highest BCUT2D eigenvalue weighted by Crippen LogP contribution is 2.31. The number of hydrogen-bond donors (Lipinski definition) is 0. The van der Waals surface area contributed by atoms with Crippen molar-refractivity contribution in [3.05, 3.63) is 95.6 Å². The van der Waals surface area contributed by atoms with Gasteiger partial charge in [0.1, 0.15) is 0 Å². The molecule has 0 spiro atoms. The van der Waals surface area contributed by atoms with Crippen LogP contribution in [0.5, 0.6) is 0 Å². The van der Waals surface area contributed by atoms with Gasteiger partial charge in [-0.3, -0.25) is 0 Å². The normalized spacial score (nSPS) is 13.6. The van der Waals surface area contributed by atoms with Gasteiger partial charge in [0.25, 0.3) is 0 Å². The van der Waals surface area contributed by atoms with Crippen LogP contribution in [-0.2, 0) is 11.8 Å². The molecule has 132 valence electrons. The van der Waals surface area contributed by atoms with Gasteiger partial charge in [0.2, 0.25) is 0 Å². The van der Waals surface area contributed by atoms with Crippen molar-refractivity contribution in [3.63, 3.8) is 0 Å². The molecule has 0 bridgehead atoms. The number of allylic oxidation sites excluding steroid dienone is 4. The van der Waals surface area contributed by atoms with Crippen LogP contribution in [0.2, 0.25) is 0 Å². The van der Waals surface area contributed by atoms with Crippen LogP contribution in [0, 0.1) is 0 Å². The monoisotopic (exact) mass is 332 g/mol. The molecule has 0 aromatic heterocycles. The second-order valence-electron chi connectivity index (χ2n) is 7.38. The molecule has 0 heteroatoms. The standard InChI is InChI=1S/C25H32/c1-22(2)14-13-21-25(3,24-18-10-5-11-19-24)20-12-6-9-17-23-15-7-4-8-16-23/h4-5,7-8,10-12,14-16,18-20H,6,9,13,17,21H2,1-3H3/b20-12+. The summed E-state index contributed by atoms with van der Waals surface area (Å²) in [7, 11) is 0. The lowest BCUT2D eigenvalue weighted by atomic mass is 9.78. The Kier molecular flexibility index (Phi) is 7.73. The van der Waals surface area contributed by atoms with Gasteiger partial charge in [0, 0.05) is 5.41 Å². The summed E-state index contributed by atoms with van der Waals surface area (Å²) in [6.45, 7) is 6.73. The van der Waals surface area contributed by atoms with Crippen molar-refractivity contribution >= 4 is 0 Å². The van der Waals surface area contributed by atoms with Gasteiger partial charge in [-0.1, -0.05) is 91.4 Å². The minimum absolute atomic E-state index is 0.111. The molecule has 0 nitrogen and oxygen atoms in total. The molecule has 0 saturated carbocycles. The number of aryl methyl sites for hydroxylation is 1. The van der Waals surface area contributed by atoms with Crippen molar-refractivity contribution in [2.24, 2.45) is 0 Å². The van der Waals surface area contributed by atoms with Crippen molar-refractivity contribution in [1.82, 2.24) is 0 Å². The fraction of sp³-hybridized carbons (Fsp3) is 0.360. The third-order valence-corrected chi connectivity index (χ3v) is 4.81. The molecule has 2 aromatic carbocycles. The molecule has 0 aliphatic carbocycles. The first-order valence-electron chi connectivity index (χ1n) is 9.51. The Morgan fingerprint density at radius 1 is 0.880 bits per heavy atom. The van der Waals surface area contributed by atoms with Crippen LogP contribution in [0.25, 0.3) is 0 Å². The highest BCUT2D eigenvalue weighted by atomic mass is 14.3. The third kappa shape index (κ3) is 6.74. The number of unbranched alkanes of at least 4 members (excludes halogenated alkanes) is 1. The molecule has 0 heterocycles.